The van der Waals surface area contributed by atoms with Crippen molar-refractivity contribution in [3.8, 4) is 0 Å². The maximum absolute atomic E-state index is 11.7. The molecule has 0 aliphatic heterocycles. The van der Waals surface area contributed by atoms with Gasteiger partial charge in [-0.3, -0.25) is 9.59 Å². The predicted octanol–water partition coefficient (Wildman–Crippen LogP) is 2.74. The second-order valence-corrected chi connectivity index (χ2v) is 6.60. The molecule has 0 aliphatic carbocycles. The fourth-order valence-corrected chi connectivity index (χ4v) is 1.98. The molecule has 0 spiro atoms. The van der Waals surface area contributed by atoms with Crippen molar-refractivity contribution in [3.63, 3.8) is 0 Å². The van der Waals surface area contributed by atoms with E-state index in [0.29, 0.717) is 0 Å². The van der Waals surface area contributed by atoms with Gasteiger partial charge in [0.1, 0.15) is 12.2 Å². The van der Waals surface area contributed by atoms with Crippen molar-refractivity contribution in [2.45, 2.75) is 45.8 Å². The summed E-state index contributed by atoms with van der Waals surface area (Å²) in [7, 11) is 0. The summed E-state index contributed by atoms with van der Waals surface area (Å²) in [5.74, 6) is -2.45. The van der Waals surface area contributed by atoms with Crippen molar-refractivity contribution in [1.82, 2.24) is 5.32 Å². The van der Waals surface area contributed by atoms with Crippen LogP contribution in [0.15, 0.2) is 30.3 Å². The Morgan fingerprint density at radius 2 is 1.80 bits per heavy atom. The number of esters is 1. The van der Waals surface area contributed by atoms with Crippen LogP contribution < -0.4 is 5.32 Å². The molecule has 7 heteroatoms. The number of carboxylic acid groups (broad SMARTS) is 1. The Labute approximate surface area is 147 Å². The summed E-state index contributed by atoms with van der Waals surface area (Å²) in [5.41, 5.74) is 0.215. The summed E-state index contributed by atoms with van der Waals surface area (Å²) in [6.45, 7) is 5.20. The molecule has 0 radical (unpaired) electrons. The molecular formula is C18H25NO6. The van der Waals surface area contributed by atoms with E-state index in [1.807, 2.05) is 30.3 Å². The smallest absolute Gasteiger partial charge is 0.407 e. The number of carboxylic acids is 1. The first kappa shape index (κ1) is 20.5. The van der Waals surface area contributed by atoms with Crippen LogP contribution in [0.25, 0.3) is 0 Å². The van der Waals surface area contributed by atoms with Crippen LogP contribution in [0.5, 0.6) is 0 Å². The maximum Gasteiger partial charge on any atom is 0.407 e. The number of benzene rings is 1. The van der Waals surface area contributed by atoms with Gasteiger partial charge in [0.05, 0.1) is 5.92 Å². The third kappa shape index (κ3) is 9.34. The normalized spacial score (nSPS) is 12.1. The van der Waals surface area contributed by atoms with E-state index >= 15 is 0 Å². The van der Waals surface area contributed by atoms with Crippen LogP contribution >= 0.6 is 0 Å². The van der Waals surface area contributed by atoms with Crippen LogP contribution in [0.3, 0.4) is 0 Å². The largest absolute Gasteiger partial charge is 0.481 e. The molecular weight excluding hydrogens is 326 g/mol. The van der Waals surface area contributed by atoms with Crippen molar-refractivity contribution >= 4 is 18.0 Å². The number of carbonyl (C=O) groups is 3. The molecule has 2 N–H and O–H groups in total. The quantitative estimate of drug-likeness (QED) is 0.698. The number of rotatable bonds is 8. The molecule has 0 fully saturated rings. The van der Waals surface area contributed by atoms with E-state index in [0.717, 1.165) is 5.56 Å². The fraction of sp³-hybridized carbons (Fsp3) is 0.500. The van der Waals surface area contributed by atoms with Gasteiger partial charge in [-0.2, -0.15) is 0 Å². The van der Waals surface area contributed by atoms with E-state index < -0.39 is 29.6 Å². The Bertz CT molecular complexity index is 579. The molecule has 1 aromatic carbocycles. The monoisotopic (exact) mass is 351 g/mol. The van der Waals surface area contributed by atoms with Gasteiger partial charge in [0.25, 0.3) is 0 Å². The Morgan fingerprint density at radius 1 is 1.16 bits per heavy atom. The van der Waals surface area contributed by atoms with E-state index in [2.05, 4.69) is 5.32 Å². The number of hydrogen-bond acceptors (Lipinski definition) is 5. The molecule has 0 aliphatic rings. The van der Waals surface area contributed by atoms with Crippen molar-refractivity contribution in [2.75, 3.05) is 6.54 Å². The van der Waals surface area contributed by atoms with Crippen LogP contribution in [-0.2, 0) is 25.7 Å². The third-order valence-corrected chi connectivity index (χ3v) is 3.17. The van der Waals surface area contributed by atoms with Gasteiger partial charge in [0.2, 0.25) is 0 Å². The zero-order chi connectivity index (χ0) is 18.9. The lowest BCUT2D eigenvalue weighted by Gasteiger charge is -2.20. The topological polar surface area (TPSA) is 102 Å². The fourth-order valence-electron chi connectivity index (χ4n) is 1.98. The second kappa shape index (κ2) is 9.66. The summed E-state index contributed by atoms with van der Waals surface area (Å²) in [5, 5.41) is 11.6. The third-order valence-electron chi connectivity index (χ3n) is 3.17. The maximum atomic E-state index is 11.7. The summed E-state index contributed by atoms with van der Waals surface area (Å²) < 4.78 is 10.2. The summed E-state index contributed by atoms with van der Waals surface area (Å²) in [4.78, 5) is 34.6. The second-order valence-electron chi connectivity index (χ2n) is 6.60. The van der Waals surface area contributed by atoms with Crippen LogP contribution in [0, 0.1) is 5.92 Å². The Kier molecular flexibility index (Phi) is 7.91. The lowest BCUT2D eigenvalue weighted by molar-refractivity contribution is -0.155. The van der Waals surface area contributed by atoms with Gasteiger partial charge < -0.3 is 19.9 Å². The van der Waals surface area contributed by atoms with Crippen molar-refractivity contribution < 1.29 is 29.0 Å². The van der Waals surface area contributed by atoms with E-state index in [-0.39, 0.29) is 26.0 Å². The van der Waals surface area contributed by atoms with Gasteiger partial charge in [-0.1, -0.05) is 30.3 Å². The van der Waals surface area contributed by atoms with E-state index in [1.165, 1.54) is 0 Å². The van der Waals surface area contributed by atoms with Crippen molar-refractivity contribution in [3.05, 3.63) is 35.9 Å². The highest BCUT2D eigenvalue weighted by Crippen LogP contribution is 2.12. The molecule has 0 saturated carbocycles. The Hall–Kier alpha value is -2.57. The average molecular weight is 351 g/mol. The highest BCUT2D eigenvalue weighted by Gasteiger charge is 2.22. The standard InChI is InChI=1S/C18H25NO6/c1-18(2,3)25-15(20)10-9-14(16(21)22)11-19-17(23)24-12-13-7-5-4-6-8-13/h4-8,14H,9-12H2,1-3H3,(H,19,23)(H,21,22)/t14-/m0/s1. The van der Waals surface area contributed by atoms with E-state index in [1.54, 1.807) is 20.8 Å². The van der Waals surface area contributed by atoms with Crippen LogP contribution in [-0.4, -0.2) is 35.3 Å². The molecule has 7 nitrogen and oxygen atoms in total. The van der Waals surface area contributed by atoms with E-state index in [9.17, 15) is 19.5 Å². The molecule has 1 rings (SSSR count). The zero-order valence-electron chi connectivity index (χ0n) is 14.8. The number of amides is 1. The van der Waals surface area contributed by atoms with Crippen molar-refractivity contribution in [1.29, 1.82) is 0 Å². The Balaban J connectivity index is 2.36. The molecule has 0 saturated heterocycles. The number of hydrogen-bond donors (Lipinski definition) is 2. The molecule has 0 bridgehead atoms. The number of aliphatic carboxylic acids is 1. The summed E-state index contributed by atoms with van der Waals surface area (Å²) in [6, 6.07) is 9.13. The van der Waals surface area contributed by atoms with Gasteiger partial charge in [0, 0.05) is 13.0 Å². The molecule has 1 atom stereocenters. The number of ether oxygens (including phenoxy) is 2. The molecule has 138 valence electrons. The number of carbonyl (C=O) groups excluding carboxylic acids is 2. The minimum Gasteiger partial charge on any atom is -0.481 e. The molecule has 0 heterocycles. The van der Waals surface area contributed by atoms with Crippen LogP contribution in [0.1, 0.15) is 39.2 Å². The molecule has 1 aromatic rings. The highest BCUT2D eigenvalue weighted by molar-refractivity contribution is 5.74. The number of alkyl carbamates (subject to hydrolysis) is 1. The predicted molar refractivity (Wildman–Crippen MR) is 90.8 cm³/mol. The SMILES string of the molecule is CC(C)(C)OC(=O)CC[C@@H](CNC(=O)OCc1ccccc1)C(=O)O. The molecule has 25 heavy (non-hydrogen) atoms. The first-order valence-corrected chi connectivity index (χ1v) is 8.06. The molecule has 0 unspecified atom stereocenters. The Morgan fingerprint density at radius 3 is 2.36 bits per heavy atom. The van der Waals surface area contributed by atoms with Crippen LogP contribution in [0.4, 0.5) is 4.79 Å². The number of nitrogens with one attached hydrogen (secondary N) is 1. The molecule has 1 amide bonds. The van der Waals surface area contributed by atoms with E-state index in [4.69, 9.17) is 9.47 Å². The van der Waals surface area contributed by atoms with Gasteiger partial charge >= 0.3 is 18.0 Å². The van der Waals surface area contributed by atoms with Gasteiger partial charge in [-0.25, -0.2) is 4.79 Å². The lowest BCUT2D eigenvalue weighted by Crippen LogP contribution is -2.34. The van der Waals surface area contributed by atoms with Crippen molar-refractivity contribution in [2.24, 2.45) is 5.92 Å². The summed E-state index contributed by atoms with van der Waals surface area (Å²) >= 11 is 0. The summed E-state index contributed by atoms with van der Waals surface area (Å²) in [6.07, 6.45) is -0.662. The molecule has 0 aromatic heterocycles. The average Bonchev–Trinajstić information content (AvgIpc) is 2.51. The minimum absolute atomic E-state index is 0.0328. The lowest BCUT2D eigenvalue weighted by atomic mass is 10.0. The van der Waals surface area contributed by atoms with Gasteiger partial charge in [-0.15, -0.1) is 0 Å². The van der Waals surface area contributed by atoms with Gasteiger partial charge in [-0.05, 0) is 32.8 Å². The van der Waals surface area contributed by atoms with Gasteiger partial charge in [0.15, 0.2) is 0 Å². The minimum atomic E-state index is -1.09. The first-order chi connectivity index (χ1) is 11.7. The first-order valence-electron chi connectivity index (χ1n) is 8.06. The zero-order valence-corrected chi connectivity index (χ0v) is 14.8. The van der Waals surface area contributed by atoms with Crippen LogP contribution in [0.2, 0.25) is 0 Å². The highest BCUT2D eigenvalue weighted by atomic mass is 16.6.